The molecule has 7 atom stereocenters. The number of rotatable bonds is 10. The fourth-order valence-electron chi connectivity index (χ4n) is 10.6. The quantitative estimate of drug-likeness (QED) is 0.138. The number of cyclic esters (lactones) is 1. The number of esters is 1. The molecule has 2 aromatic carbocycles. The summed E-state index contributed by atoms with van der Waals surface area (Å²) in [5, 5.41) is 16.8. The number of pyridine rings is 1. The maximum Gasteiger partial charge on any atom is 0.324 e. The first-order chi connectivity index (χ1) is 32.1. The highest BCUT2D eigenvalue weighted by atomic mass is 32.1. The first kappa shape index (κ1) is 59.6. The Kier molecular flexibility index (Phi) is 21.3. The van der Waals surface area contributed by atoms with Crippen molar-refractivity contribution in [1.29, 1.82) is 0 Å². The van der Waals surface area contributed by atoms with Gasteiger partial charge in [0.2, 0.25) is 5.91 Å². The highest BCUT2D eigenvalue weighted by Gasteiger charge is 2.42. The summed E-state index contributed by atoms with van der Waals surface area (Å²) in [5.74, 6) is -2.03. The second-order valence-electron chi connectivity index (χ2n) is 20.0. The third kappa shape index (κ3) is 12.9. The highest BCUT2D eigenvalue weighted by Crippen LogP contribution is 2.42. The van der Waals surface area contributed by atoms with E-state index >= 15 is 0 Å². The molecule has 2 aromatic heterocycles. The fraction of sp³-hybridized carbons (Fsp3) is 0.558. The number of hydrazine groups is 1. The van der Waals surface area contributed by atoms with Gasteiger partial charge in [0, 0.05) is 68.4 Å². The molecule has 4 aliphatic rings. The van der Waals surface area contributed by atoms with Gasteiger partial charge >= 0.3 is 5.97 Å². The minimum atomic E-state index is -1.14. The second-order valence-corrected chi connectivity index (χ2v) is 20.0. The predicted octanol–water partition coefficient (Wildman–Crippen LogP) is 7.11. The van der Waals surface area contributed by atoms with Crippen molar-refractivity contribution in [2.45, 2.75) is 142 Å². The molecular formula is C52H76N6O9S4. The summed E-state index contributed by atoms with van der Waals surface area (Å²) in [6, 6.07) is 12.7. The van der Waals surface area contributed by atoms with Gasteiger partial charge in [-0.2, -0.15) is 54.0 Å². The Bertz CT molecular complexity index is 2500. The summed E-state index contributed by atoms with van der Waals surface area (Å²) < 4.78 is 26.3. The average Bonchev–Trinajstić information content (AvgIpc) is 4.09. The molecule has 15 nitrogen and oxygen atoms in total. The van der Waals surface area contributed by atoms with Crippen molar-refractivity contribution in [1.82, 2.24) is 30.2 Å². The van der Waals surface area contributed by atoms with Crippen molar-refractivity contribution in [2.24, 2.45) is 11.3 Å². The van der Waals surface area contributed by atoms with E-state index in [-0.39, 0.29) is 103 Å². The number of ether oxygens (including phenoxy) is 4. The molecule has 0 spiro atoms. The van der Waals surface area contributed by atoms with Gasteiger partial charge < -0.3 is 38.8 Å². The van der Waals surface area contributed by atoms with Gasteiger partial charge in [-0.25, -0.2) is 5.43 Å². The summed E-state index contributed by atoms with van der Waals surface area (Å²) in [7, 11) is 3.29. The number of amides is 3. The number of likely N-dealkylation sites (N-methyl/N-ethyl adjacent to an activating group) is 1. The molecule has 4 aliphatic heterocycles. The van der Waals surface area contributed by atoms with Crippen molar-refractivity contribution < 1.29 is 43.2 Å². The molecule has 3 unspecified atom stereocenters. The van der Waals surface area contributed by atoms with Crippen LogP contribution in [0.2, 0.25) is 0 Å². The van der Waals surface area contributed by atoms with Crippen LogP contribution in [-0.4, -0.2) is 119 Å². The number of carbonyl (C=O) groups is 4. The lowest BCUT2D eigenvalue weighted by atomic mass is 9.84. The first-order valence-electron chi connectivity index (χ1n) is 24.1. The molecule has 6 heterocycles. The number of hydrogen-bond donors (Lipinski definition) is 3. The van der Waals surface area contributed by atoms with E-state index in [1.165, 1.54) is 9.91 Å². The zero-order valence-corrected chi connectivity index (χ0v) is 46.3. The normalized spacial score (nSPS) is 22.9. The van der Waals surface area contributed by atoms with Crippen molar-refractivity contribution in [3.05, 3.63) is 71.5 Å². The zero-order valence-electron chi connectivity index (χ0n) is 42.3. The fourth-order valence-corrected chi connectivity index (χ4v) is 10.6. The standard InChI is InChI=1S/C52H68N6O9.4H2S/c1-9-57-41-17-16-33-27-37(41)38(47(57)36-13-10-20-53-45(36)31(4)64-8)28-52(5,6)29-66-51(63)39-14-11-21-58(55-39)49(61)40(25-32-23-34(33)26-35(59)24-32)54-48(60)46(30(2)3)56(7)50(62)44-19-18-43(67-44)42-15-12-22-65-42;;;;/h10,13,16-17,20,23-24,26-27,30-31,39-40,42-44,46,55,59H,9,11-12,14-15,18-19,21-22,25,28-29H2,1-8H3,(H,54,60);4*1H2/t31-,39-,40-,42?,43?,44?,46-;;;;/m0..../s1. The molecule has 3 saturated heterocycles. The van der Waals surface area contributed by atoms with Gasteiger partial charge in [-0.05, 0) is 123 Å². The third-order valence-electron chi connectivity index (χ3n) is 14.1. The molecule has 71 heavy (non-hydrogen) atoms. The van der Waals surface area contributed by atoms with Gasteiger partial charge in [0.1, 0.15) is 30.0 Å². The summed E-state index contributed by atoms with van der Waals surface area (Å²) in [6.07, 6.45) is 5.23. The van der Waals surface area contributed by atoms with Crippen LogP contribution in [0.25, 0.3) is 33.3 Å². The SMILES string of the molecule is CCn1c(-c2cccnc2[C@H](C)OC)c2c3cc(ccc31)-c1cc(O)cc(c1)C[C@H](NC(=O)[C@H](C(C)C)N(C)C(=O)C1CCC(C3CCCO3)O1)C(=O)N1CCC[C@H](N1)C(=O)OCC(C)(C)C2.S.S.S.S. The lowest BCUT2D eigenvalue weighted by Crippen LogP contribution is -2.62. The number of nitrogens with zero attached hydrogens (tertiary/aromatic N) is 4. The summed E-state index contributed by atoms with van der Waals surface area (Å²) in [5.41, 5.74) is 9.65. The number of aromatic nitrogens is 2. The minimum Gasteiger partial charge on any atom is -0.508 e. The Labute approximate surface area is 446 Å². The lowest BCUT2D eigenvalue weighted by Gasteiger charge is -2.37. The van der Waals surface area contributed by atoms with E-state index in [0.717, 1.165) is 57.4 Å². The number of carbonyl (C=O) groups excluding carboxylic acids is 4. The molecular weight excluding hydrogens is 981 g/mol. The van der Waals surface area contributed by atoms with Crippen LogP contribution >= 0.6 is 54.0 Å². The van der Waals surface area contributed by atoms with Crippen molar-refractivity contribution >= 4 is 88.6 Å². The van der Waals surface area contributed by atoms with Crippen LogP contribution in [0.3, 0.4) is 0 Å². The number of fused-ring (bicyclic) bond motifs is 6. The van der Waals surface area contributed by atoms with Crippen LogP contribution in [0.5, 0.6) is 5.75 Å². The smallest absolute Gasteiger partial charge is 0.324 e. The zero-order chi connectivity index (χ0) is 47.7. The van der Waals surface area contributed by atoms with E-state index < -0.39 is 47.4 Å². The average molecular weight is 1060 g/mol. The van der Waals surface area contributed by atoms with Gasteiger partial charge in [0.05, 0.1) is 36.3 Å². The highest BCUT2D eigenvalue weighted by molar-refractivity contribution is 7.59. The van der Waals surface area contributed by atoms with Crippen LogP contribution < -0.4 is 10.7 Å². The van der Waals surface area contributed by atoms with E-state index in [9.17, 15) is 24.3 Å². The summed E-state index contributed by atoms with van der Waals surface area (Å²) >= 11 is 0. The molecule has 0 radical (unpaired) electrons. The topological polar surface area (TPSA) is 174 Å². The molecule has 4 aromatic rings. The molecule has 6 bridgehead atoms. The predicted molar refractivity (Wildman–Crippen MR) is 295 cm³/mol. The third-order valence-corrected chi connectivity index (χ3v) is 14.1. The van der Waals surface area contributed by atoms with Crippen molar-refractivity contribution in [2.75, 3.05) is 33.9 Å². The van der Waals surface area contributed by atoms with E-state index in [0.29, 0.717) is 57.4 Å². The lowest BCUT2D eigenvalue weighted by molar-refractivity contribution is -0.155. The van der Waals surface area contributed by atoms with E-state index in [4.69, 9.17) is 23.9 Å². The maximum atomic E-state index is 14.8. The maximum absolute atomic E-state index is 14.8. The number of phenols is 1. The monoisotopic (exact) mass is 1060 g/mol. The number of aryl methyl sites for hydroxylation is 1. The Hall–Kier alpha value is -3.95. The summed E-state index contributed by atoms with van der Waals surface area (Å²) in [6.45, 7) is 13.8. The van der Waals surface area contributed by atoms with E-state index in [2.05, 4.69) is 54.3 Å². The van der Waals surface area contributed by atoms with Crippen LogP contribution in [0.4, 0.5) is 0 Å². The van der Waals surface area contributed by atoms with Crippen LogP contribution in [0.1, 0.15) is 103 Å². The Morgan fingerprint density at radius 1 is 0.986 bits per heavy atom. The van der Waals surface area contributed by atoms with Gasteiger partial charge in [0.25, 0.3) is 11.8 Å². The van der Waals surface area contributed by atoms with Gasteiger partial charge in [0.15, 0.2) is 0 Å². The van der Waals surface area contributed by atoms with Gasteiger partial charge in [-0.1, -0.05) is 39.8 Å². The number of benzene rings is 2. The number of aromatic hydroxyl groups is 1. The molecule has 8 rings (SSSR count). The van der Waals surface area contributed by atoms with Crippen molar-refractivity contribution in [3.8, 4) is 28.1 Å². The Morgan fingerprint density at radius 3 is 2.44 bits per heavy atom. The molecule has 0 aliphatic carbocycles. The van der Waals surface area contributed by atoms with Crippen molar-refractivity contribution in [3.63, 3.8) is 0 Å². The number of methoxy groups -OCH3 is 1. The minimum absolute atomic E-state index is 0. The second kappa shape index (κ2) is 25.3. The Morgan fingerprint density at radius 2 is 1.75 bits per heavy atom. The number of hydrogen-bond acceptors (Lipinski definition) is 11. The molecule has 3 amide bonds. The molecule has 3 N–H and O–H groups in total. The number of phenolic OH excluding ortho intramolecular Hbond substituents is 1. The van der Waals surface area contributed by atoms with Crippen LogP contribution in [0, 0.1) is 11.3 Å². The first-order valence-corrected chi connectivity index (χ1v) is 24.1. The van der Waals surface area contributed by atoms with E-state index in [1.54, 1.807) is 32.5 Å². The van der Waals surface area contributed by atoms with Crippen LogP contribution in [-0.2, 0) is 57.5 Å². The van der Waals surface area contributed by atoms with Gasteiger partial charge in [-0.3, -0.25) is 29.2 Å². The molecule has 392 valence electrons. The van der Waals surface area contributed by atoms with E-state index in [1.807, 2.05) is 39.0 Å². The Balaban J connectivity index is 0.00000274. The molecule has 3 fully saturated rings. The molecule has 0 saturated carbocycles. The van der Waals surface area contributed by atoms with Gasteiger partial charge in [-0.15, -0.1) is 0 Å². The molecule has 19 heteroatoms. The number of nitrogens with one attached hydrogen (secondary N) is 2. The largest absolute Gasteiger partial charge is 0.508 e. The van der Waals surface area contributed by atoms with Crippen LogP contribution in [0.15, 0.2) is 54.7 Å². The summed E-state index contributed by atoms with van der Waals surface area (Å²) in [4.78, 5) is 63.5.